The molecule has 0 aliphatic heterocycles. The van der Waals surface area contributed by atoms with Gasteiger partial charge in [-0.25, -0.2) is 0 Å². The standard InChI is InChI=1S/C17H14N4O2/c1-20-14-6-2-3-7-15(14)21-16(20)12(9-18)11(5-4-8-22)13(10-19)17(21)23/h2-3,6-7,22H,4-5,8H2,1H3. The minimum atomic E-state index is -0.425. The number of aryl methyl sites for hydroxylation is 1. The molecule has 0 spiro atoms. The fourth-order valence-corrected chi connectivity index (χ4v) is 3.04. The van der Waals surface area contributed by atoms with Crippen molar-refractivity contribution in [3.05, 3.63) is 51.3 Å². The normalized spacial score (nSPS) is 10.8. The topological polar surface area (TPSA) is 94.2 Å². The first-order chi connectivity index (χ1) is 11.2. The van der Waals surface area contributed by atoms with Crippen molar-refractivity contribution in [3.8, 4) is 12.1 Å². The summed E-state index contributed by atoms with van der Waals surface area (Å²) in [7, 11) is 1.79. The molecule has 6 nitrogen and oxygen atoms in total. The molecule has 0 fully saturated rings. The van der Waals surface area contributed by atoms with E-state index < -0.39 is 5.56 Å². The van der Waals surface area contributed by atoms with Crippen molar-refractivity contribution in [2.75, 3.05) is 6.61 Å². The number of imidazole rings is 1. The van der Waals surface area contributed by atoms with Crippen molar-refractivity contribution < 1.29 is 5.11 Å². The molecule has 0 amide bonds. The molecule has 2 aromatic heterocycles. The summed E-state index contributed by atoms with van der Waals surface area (Å²) < 4.78 is 3.22. The van der Waals surface area contributed by atoms with Crippen molar-refractivity contribution in [2.24, 2.45) is 7.05 Å². The zero-order valence-corrected chi connectivity index (χ0v) is 12.6. The molecular formula is C17H14N4O2. The average molecular weight is 306 g/mol. The Morgan fingerprint density at radius 3 is 2.39 bits per heavy atom. The number of fused-ring (bicyclic) bond motifs is 3. The molecule has 1 aromatic carbocycles. The third-order valence-corrected chi connectivity index (χ3v) is 4.07. The fourth-order valence-electron chi connectivity index (χ4n) is 3.04. The molecule has 23 heavy (non-hydrogen) atoms. The third kappa shape index (κ3) is 2.01. The lowest BCUT2D eigenvalue weighted by Crippen LogP contribution is -2.21. The van der Waals surface area contributed by atoms with Gasteiger partial charge in [0.25, 0.3) is 5.56 Å². The molecule has 0 aliphatic carbocycles. The number of hydrogen-bond acceptors (Lipinski definition) is 4. The van der Waals surface area contributed by atoms with Crippen molar-refractivity contribution in [1.29, 1.82) is 10.5 Å². The fraction of sp³-hybridized carbons (Fsp3) is 0.235. The Bertz CT molecular complexity index is 1060. The molecule has 0 bridgehead atoms. The number of nitriles is 2. The smallest absolute Gasteiger partial charge is 0.275 e. The number of rotatable bonds is 3. The molecule has 2 heterocycles. The summed E-state index contributed by atoms with van der Waals surface area (Å²) in [6.07, 6.45) is 0.707. The average Bonchev–Trinajstić information content (AvgIpc) is 2.87. The molecule has 0 saturated heterocycles. The van der Waals surface area contributed by atoms with E-state index in [2.05, 4.69) is 6.07 Å². The number of aromatic nitrogens is 2. The van der Waals surface area contributed by atoms with Crippen molar-refractivity contribution in [2.45, 2.75) is 12.8 Å². The van der Waals surface area contributed by atoms with Gasteiger partial charge in [-0.2, -0.15) is 10.5 Å². The van der Waals surface area contributed by atoms with E-state index >= 15 is 0 Å². The zero-order valence-electron chi connectivity index (χ0n) is 12.6. The number of aliphatic hydroxyl groups is 1. The van der Waals surface area contributed by atoms with E-state index in [4.69, 9.17) is 5.11 Å². The van der Waals surface area contributed by atoms with Crippen molar-refractivity contribution in [3.63, 3.8) is 0 Å². The molecule has 0 saturated carbocycles. The Morgan fingerprint density at radius 2 is 1.78 bits per heavy atom. The predicted octanol–water partition coefficient (Wildman–Crippen LogP) is 1.46. The minimum absolute atomic E-state index is 0.0242. The van der Waals surface area contributed by atoms with Crippen LogP contribution in [-0.2, 0) is 13.5 Å². The van der Waals surface area contributed by atoms with E-state index in [1.165, 1.54) is 4.40 Å². The van der Waals surface area contributed by atoms with Gasteiger partial charge in [0.15, 0.2) is 0 Å². The van der Waals surface area contributed by atoms with Crippen molar-refractivity contribution in [1.82, 2.24) is 8.97 Å². The minimum Gasteiger partial charge on any atom is -0.396 e. The molecule has 0 unspecified atom stereocenters. The van der Waals surface area contributed by atoms with Gasteiger partial charge in [0.1, 0.15) is 23.3 Å². The van der Waals surface area contributed by atoms with Gasteiger partial charge in [0, 0.05) is 13.7 Å². The first-order valence-corrected chi connectivity index (χ1v) is 7.21. The van der Waals surface area contributed by atoms with Crippen LogP contribution in [0.25, 0.3) is 16.7 Å². The molecule has 0 radical (unpaired) electrons. The first-order valence-electron chi connectivity index (χ1n) is 7.21. The maximum Gasteiger partial charge on any atom is 0.275 e. The highest BCUT2D eigenvalue weighted by atomic mass is 16.2. The van der Waals surface area contributed by atoms with E-state index in [1.807, 2.05) is 24.3 Å². The number of benzene rings is 1. The van der Waals surface area contributed by atoms with E-state index in [9.17, 15) is 15.3 Å². The van der Waals surface area contributed by atoms with Gasteiger partial charge in [0.05, 0.1) is 16.6 Å². The number of aliphatic hydroxyl groups excluding tert-OH is 1. The van der Waals surface area contributed by atoms with Crippen LogP contribution in [0.2, 0.25) is 0 Å². The summed E-state index contributed by atoms with van der Waals surface area (Å²) >= 11 is 0. The molecular weight excluding hydrogens is 292 g/mol. The molecule has 6 heteroatoms. The molecule has 3 aromatic rings. The van der Waals surface area contributed by atoms with Crippen LogP contribution in [-0.4, -0.2) is 20.7 Å². The molecule has 0 aliphatic rings. The molecule has 114 valence electrons. The maximum atomic E-state index is 12.8. The second-order valence-corrected chi connectivity index (χ2v) is 5.29. The van der Waals surface area contributed by atoms with Crippen LogP contribution in [0.1, 0.15) is 23.1 Å². The summed E-state index contributed by atoms with van der Waals surface area (Å²) in [5.41, 5.74) is 2.23. The first kappa shape index (κ1) is 14.8. The summed E-state index contributed by atoms with van der Waals surface area (Å²) in [4.78, 5) is 12.8. The van der Waals surface area contributed by atoms with Crippen LogP contribution in [0.15, 0.2) is 29.1 Å². The van der Waals surface area contributed by atoms with Crippen LogP contribution in [0, 0.1) is 22.7 Å². The van der Waals surface area contributed by atoms with Crippen LogP contribution >= 0.6 is 0 Å². The lowest BCUT2D eigenvalue weighted by Gasteiger charge is -2.09. The zero-order chi connectivity index (χ0) is 16.6. The Kier molecular flexibility index (Phi) is 3.61. The number of para-hydroxylation sites is 2. The summed E-state index contributed by atoms with van der Waals surface area (Å²) in [5, 5.41) is 28.1. The van der Waals surface area contributed by atoms with Gasteiger partial charge in [-0.3, -0.25) is 9.20 Å². The van der Waals surface area contributed by atoms with Crippen LogP contribution in [0.5, 0.6) is 0 Å². The Balaban J connectivity index is 2.60. The van der Waals surface area contributed by atoms with Crippen molar-refractivity contribution >= 4 is 16.7 Å². The second-order valence-electron chi connectivity index (χ2n) is 5.29. The van der Waals surface area contributed by atoms with Crippen LogP contribution in [0.3, 0.4) is 0 Å². The number of hydrogen-bond donors (Lipinski definition) is 1. The summed E-state index contributed by atoms with van der Waals surface area (Å²) in [6.45, 7) is -0.0653. The molecule has 0 atom stereocenters. The highest BCUT2D eigenvalue weighted by molar-refractivity contribution is 5.84. The lowest BCUT2D eigenvalue weighted by atomic mass is 10.00. The monoisotopic (exact) mass is 306 g/mol. The van der Waals surface area contributed by atoms with Gasteiger partial charge in [0.2, 0.25) is 0 Å². The molecule has 1 N–H and O–H groups in total. The highest BCUT2D eigenvalue weighted by Crippen LogP contribution is 2.24. The SMILES string of the molecule is Cn1c2ccccc2n2c(=O)c(C#N)c(CCCO)c(C#N)c12. The summed E-state index contributed by atoms with van der Waals surface area (Å²) in [5.74, 6) is 0. The largest absolute Gasteiger partial charge is 0.396 e. The van der Waals surface area contributed by atoms with Gasteiger partial charge in [-0.15, -0.1) is 0 Å². The Morgan fingerprint density at radius 1 is 1.13 bits per heavy atom. The van der Waals surface area contributed by atoms with E-state index in [0.29, 0.717) is 35.1 Å². The predicted molar refractivity (Wildman–Crippen MR) is 85.0 cm³/mol. The third-order valence-electron chi connectivity index (χ3n) is 4.07. The maximum absolute atomic E-state index is 12.8. The van der Waals surface area contributed by atoms with Crippen LogP contribution < -0.4 is 5.56 Å². The highest BCUT2D eigenvalue weighted by Gasteiger charge is 2.22. The van der Waals surface area contributed by atoms with Gasteiger partial charge >= 0.3 is 0 Å². The second kappa shape index (κ2) is 5.60. The summed E-state index contributed by atoms with van der Waals surface area (Å²) in [6, 6.07) is 11.4. The quantitative estimate of drug-likeness (QED) is 0.792. The van der Waals surface area contributed by atoms with Gasteiger partial charge in [-0.05, 0) is 30.5 Å². The van der Waals surface area contributed by atoms with Gasteiger partial charge < -0.3 is 9.67 Å². The number of nitrogens with zero attached hydrogens (tertiary/aromatic N) is 4. The van der Waals surface area contributed by atoms with Gasteiger partial charge in [-0.1, -0.05) is 12.1 Å². The van der Waals surface area contributed by atoms with E-state index in [-0.39, 0.29) is 12.2 Å². The van der Waals surface area contributed by atoms with E-state index in [0.717, 1.165) is 5.52 Å². The number of pyridine rings is 1. The Labute approximate surface area is 132 Å². The van der Waals surface area contributed by atoms with E-state index in [1.54, 1.807) is 17.7 Å². The molecule has 3 rings (SSSR count). The Hall–Kier alpha value is -3.09. The van der Waals surface area contributed by atoms with Crippen LogP contribution in [0.4, 0.5) is 0 Å². The lowest BCUT2D eigenvalue weighted by molar-refractivity contribution is 0.288.